The molecule has 1 aliphatic rings. The third kappa shape index (κ3) is 7.24. The lowest BCUT2D eigenvalue weighted by molar-refractivity contribution is 0.201. The predicted molar refractivity (Wildman–Crippen MR) is 73.7 cm³/mol. The molecule has 0 unspecified atom stereocenters. The highest BCUT2D eigenvalue weighted by molar-refractivity contribution is 4.70. The van der Waals surface area contributed by atoms with Crippen molar-refractivity contribution < 1.29 is 0 Å². The van der Waals surface area contributed by atoms with Gasteiger partial charge in [0.05, 0.1) is 0 Å². The molecule has 0 atom stereocenters. The van der Waals surface area contributed by atoms with E-state index in [1.807, 2.05) is 0 Å². The molecule has 2 N–H and O–H groups in total. The average Bonchev–Trinajstić information content (AvgIpc) is 2.34. The number of hydrogen-bond acceptors (Lipinski definition) is 2. The molecule has 1 aliphatic carbocycles. The largest absolute Gasteiger partial charge is 0.333 e. The Balaban J connectivity index is 0.00000106. The third-order valence-corrected chi connectivity index (χ3v) is 3.32. The van der Waals surface area contributed by atoms with Crippen molar-refractivity contribution in [3.8, 4) is 0 Å². The number of hydrogen-bond donors (Lipinski definition) is 1. The molecule has 2 nitrogen and oxygen atoms in total. The van der Waals surface area contributed by atoms with Crippen molar-refractivity contribution in [2.75, 3.05) is 26.7 Å². The molecule has 0 aliphatic heterocycles. The molecule has 0 heterocycles. The first kappa shape index (κ1) is 15.9. The van der Waals surface area contributed by atoms with Gasteiger partial charge in [-0.05, 0) is 51.7 Å². The van der Waals surface area contributed by atoms with Crippen molar-refractivity contribution in [2.24, 2.45) is 11.7 Å². The zero-order chi connectivity index (χ0) is 12.2. The Morgan fingerprint density at radius 1 is 0.938 bits per heavy atom. The number of rotatable bonds is 6. The molecule has 0 spiro atoms. The molecular weight excluding hydrogens is 196 g/mol. The summed E-state index contributed by atoms with van der Waals surface area (Å²) in [6.07, 6.45) is 10.1. The fourth-order valence-corrected chi connectivity index (χ4v) is 2.66. The van der Waals surface area contributed by atoms with Crippen LogP contribution < -0.4 is 5.73 Å². The average molecular weight is 228 g/mol. The minimum atomic E-state index is 1.02. The molecule has 1 saturated carbocycles. The Morgan fingerprint density at radius 2 is 1.44 bits per heavy atom. The van der Waals surface area contributed by atoms with Crippen LogP contribution in [0.5, 0.6) is 0 Å². The van der Waals surface area contributed by atoms with Crippen molar-refractivity contribution in [1.29, 1.82) is 0 Å². The second-order valence-corrected chi connectivity index (χ2v) is 4.80. The third-order valence-electron chi connectivity index (χ3n) is 3.32. The lowest BCUT2D eigenvalue weighted by Gasteiger charge is -2.29. The summed E-state index contributed by atoms with van der Waals surface area (Å²) in [5.41, 5.74) is 4.50. The number of nitrogens with zero attached hydrogens (tertiary/aromatic N) is 1. The van der Waals surface area contributed by atoms with Gasteiger partial charge in [-0.25, -0.2) is 0 Å². The highest BCUT2D eigenvalue weighted by Gasteiger charge is 2.16. The second-order valence-electron chi connectivity index (χ2n) is 4.80. The fourth-order valence-electron chi connectivity index (χ4n) is 2.66. The van der Waals surface area contributed by atoms with Crippen molar-refractivity contribution in [3.05, 3.63) is 0 Å². The fraction of sp³-hybridized carbons (Fsp3) is 1.00. The van der Waals surface area contributed by atoms with E-state index in [0.717, 1.165) is 5.92 Å². The first-order valence-electron chi connectivity index (χ1n) is 7.16. The minimum Gasteiger partial charge on any atom is -0.333 e. The monoisotopic (exact) mass is 228 g/mol. The molecule has 0 bridgehead atoms. The maximum absolute atomic E-state index is 4.50. The molecule has 1 rings (SSSR count). The van der Waals surface area contributed by atoms with E-state index >= 15 is 0 Å². The van der Waals surface area contributed by atoms with Gasteiger partial charge in [-0.2, -0.15) is 0 Å². The van der Waals surface area contributed by atoms with Crippen molar-refractivity contribution in [3.63, 3.8) is 0 Å². The van der Waals surface area contributed by atoms with Gasteiger partial charge in [0, 0.05) is 6.54 Å². The van der Waals surface area contributed by atoms with E-state index in [4.69, 9.17) is 0 Å². The SMILES string of the molecule is CCCN(CCC)CC1CCCCC1.CN. The van der Waals surface area contributed by atoms with Gasteiger partial charge in [-0.15, -0.1) is 0 Å². The van der Waals surface area contributed by atoms with Crippen molar-refractivity contribution in [2.45, 2.75) is 58.8 Å². The van der Waals surface area contributed by atoms with Gasteiger partial charge in [0.2, 0.25) is 0 Å². The van der Waals surface area contributed by atoms with Crippen LogP contribution in [-0.2, 0) is 0 Å². The van der Waals surface area contributed by atoms with E-state index < -0.39 is 0 Å². The Hall–Kier alpha value is -0.0800. The summed E-state index contributed by atoms with van der Waals surface area (Å²) < 4.78 is 0. The first-order chi connectivity index (χ1) is 7.86. The summed E-state index contributed by atoms with van der Waals surface area (Å²) in [5, 5.41) is 0. The maximum Gasteiger partial charge on any atom is 0.000965 e. The van der Waals surface area contributed by atoms with Crippen molar-refractivity contribution in [1.82, 2.24) is 4.90 Å². The van der Waals surface area contributed by atoms with E-state index in [1.54, 1.807) is 0 Å². The number of nitrogens with two attached hydrogens (primary N) is 1. The molecule has 0 aromatic carbocycles. The minimum absolute atomic E-state index is 1.02. The van der Waals surface area contributed by atoms with Crippen LogP contribution in [0.2, 0.25) is 0 Å². The Morgan fingerprint density at radius 3 is 1.88 bits per heavy atom. The van der Waals surface area contributed by atoms with Crippen molar-refractivity contribution >= 4 is 0 Å². The Labute approximate surface area is 103 Å². The van der Waals surface area contributed by atoms with Crippen LogP contribution in [0.3, 0.4) is 0 Å². The molecular formula is C14H32N2. The zero-order valence-corrected chi connectivity index (χ0v) is 11.7. The van der Waals surface area contributed by atoms with Crippen LogP contribution in [0, 0.1) is 5.92 Å². The molecule has 2 heteroatoms. The van der Waals surface area contributed by atoms with Gasteiger partial charge in [0.1, 0.15) is 0 Å². The van der Waals surface area contributed by atoms with Gasteiger partial charge in [0.25, 0.3) is 0 Å². The molecule has 98 valence electrons. The molecule has 0 saturated heterocycles. The summed E-state index contributed by atoms with van der Waals surface area (Å²) in [7, 11) is 1.50. The van der Waals surface area contributed by atoms with Crippen LogP contribution in [-0.4, -0.2) is 31.6 Å². The quantitative estimate of drug-likeness (QED) is 0.756. The zero-order valence-electron chi connectivity index (χ0n) is 11.7. The van der Waals surface area contributed by atoms with Gasteiger partial charge in [-0.1, -0.05) is 33.1 Å². The summed E-state index contributed by atoms with van der Waals surface area (Å²) >= 11 is 0. The van der Waals surface area contributed by atoms with E-state index in [9.17, 15) is 0 Å². The van der Waals surface area contributed by atoms with Crippen LogP contribution in [0.15, 0.2) is 0 Å². The highest BCUT2D eigenvalue weighted by atomic mass is 15.1. The van der Waals surface area contributed by atoms with Gasteiger partial charge < -0.3 is 10.6 Å². The molecule has 16 heavy (non-hydrogen) atoms. The van der Waals surface area contributed by atoms with Crippen LogP contribution in [0.25, 0.3) is 0 Å². The Bertz CT molecular complexity index is 125. The smallest absolute Gasteiger partial charge is 0.000965 e. The molecule has 0 radical (unpaired) electrons. The molecule has 0 aromatic heterocycles. The summed E-state index contributed by atoms with van der Waals surface area (Å²) in [6, 6.07) is 0. The van der Waals surface area contributed by atoms with E-state index in [0.29, 0.717) is 0 Å². The molecule has 0 amide bonds. The van der Waals surface area contributed by atoms with Crippen LogP contribution in [0.1, 0.15) is 58.8 Å². The normalized spacial score (nSPS) is 17.1. The topological polar surface area (TPSA) is 29.3 Å². The van der Waals surface area contributed by atoms with Gasteiger partial charge in [-0.3, -0.25) is 0 Å². The first-order valence-corrected chi connectivity index (χ1v) is 7.16. The predicted octanol–water partition coefficient (Wildman–Crippen LogP) is 3.26. The summed E-state index contributed by atoms with van der Waals surface area (Å²) in [4.78, 5) is 2.68. The van der Waals surface area contributed by atoms with Gasteiger partial charge in [0.15, 0.2) is 0 Å². The van der Waals surface area contributed by atoms with E-state index in [2.05, 4.69) is 24.5 Å². The van der Waals surface area contributed by atoms with Crippen LogP contribution >= 0.6 is 0 Å². The summed E-state index contributed by atoms with van der Waals surface area (Å²) in [6.45, 7) is 8.59. The lowest BCUT2D eigenvalue weighted by atomic mass is 9.89. The second kappa shape index (κ2) is 11.4. The van der Waals surface area contributed by atoms with Crippen LogP contribution in [0.4, 0.5) is 0 Å². The maximum atomic E-state index is 4.50. The summed E-state index contributed by atoms with van der Waals surface area (Å²) in [5.74, 6) is 1.02. The lowest BCUT2D eigenvalue weighted by Crippen LogP contribution is -2.31. The highest BCUT2D eigenvalue weighted by Crippen LogP contribution is 2.24. The van der Waals surface area contributed by atoms with Gasteiger partial charge >= 0.3 is 0 Å². The molecule has 1 fully saturated rings. The standard InChI is InChI=1S/C13H27N.CH5N/c1-3-10-14(11-4-2)12-13-8-6-5-7-9-13;1-2/h13H,3-12H2,1-2H3;2H2,1H3. The Kier molecular flexibility index (Phi) is 11.3. The van der Waals surface area contributed by atoms with E-state index in [1.165, 1.54) is 71.6 Å². The molecule has 0 aromatic rings. The van der Waals surface area contributed by atoms with E-state index in [-0.39, 0.29) is 0 Å².